The second-order valence-corrected chi connectivity index (χ2v) is 4.19. The largest absolute Gasteiger partial charge is 0.321 e. The first kappa shape index (κ1) is 11.9. The smallest absolute Gasteiger partial charge is 0.248 e. The molecule has 0 aliphatic carbocycles. The van der Waals surface area contributed by atoms with Crippen LogP contribution in [0.5, 0.6) is 0 Å². The summed E-state index contributed by atoms with van der Waals surface area (Å²) in [5.41, 5.74) is 1.46. The van der Waals surface area contributed by atoms with Gasteiger partial charge in [0.1, 0.15) is 5.82 Å². The highest BCUT2D eigenvalue weighted by Gasteiger charge is 2.03. The van der Waals surface area contributed by atoms with Gasteiger partial charge in [-0.2, -0.15) is 0 Å². The van der Waals surface area contributed by atoms with E-state index in [4.69, 9.17) is 0 Å². The van der Waals surface area contributed by atoms with Crippen LogP contribution >= 0.6 is 15.9 Å². The number of rotatable bonds is 2. The minimum Gasteiger partial charge on any atom is -0.321 e. The van der Waals surface area contributed by atoms with E-state index in [1.807, 2.05) is 13.8 Å². The lowest BCUT2D eigenvalue weighted by atomic mass is 10.3. The lowest BCUT2D eigenvalue weighted by molar-refractivity contribution is -0.111. The van der Waals surface area contributed by atoms with E-state index in [1.54, 1.807) is 0 Å². The molecular formula is C11H11BrFNO. The molecule has 2 nitrogen and oxygen atoms in total. The van der Waals surface area contributed by atoms with Crippen molar-refractivity contribution in [2.45, 2.75) is 13.8 Å². The van der Waals surface area contributed by atoms with Crippen molar-refractivity contribution in [3.05, 3.63) is 40.1 Å². The predicted octanol–water partition coefficient (Wildman–Crippen LogP) is 3.49. The number of hydrogen-bond acceptors (Lipinski definition) is 1. The monoisotopic (exact) mass is 271 g/mol. The summed E-state index contributed by atoms with van der Waals surface area (Å²) < 4.78 is 13.3. The Morgan fingerprint density at radius 2 is 2.13 bits per heavy atom. The summed E-state index contributed by atoms with van der Waals surface area (Å²) in [6.07, 6.45) is 1.48. The minimum atomic E-state index is -0.345. The fourth-order valence-corrected chi connectivity index (χ4v) is 1.47. The zero-order valence-corrected chi connectivity index (χ0v) is 10.1. The van der Waals surface area contributed by atoms with Crippen molar-refractivity contribution in [3.63, 3.8) is 0 Å². The summed E-state index contributed by atoms with van der Waals surface area (Å²) in [5.74, 6) is -0.565. The van der Waals surface area contributed by atoms with Crippen LogP contribution in [0.2, 0.25) is 0 Å². The molecule has 0 aliphatic rings. The van der Waals surface area contributed by atoms with Gasteiger partial charge in [-0.3, -0.25) is 4.79 Å². The summed E-state index contributed by atoms with van der Waals surface area (Å²) >= 11 is 3.17. The van der Waals surface area contributed by atoms with Crippen LogP contribution in [0, 0.1) is 5.82 Å². The fourth-order valence-electron chi connectivity index (χ4n) is 1.02. The third-order valence-electron chi connectivity index (χ3n) is 1.61. The van der Waals surface area contributed by atoms with Crippen LogP contribution in [-0.4, -0.2) is 5.91 Å². The molecule has 0 atom stereocenters. The zero-order chi connectivity index (χ0) is 11.4. The Balaban J connectivity index is 2.82. The molecule has 0 bridgehead atoms. The van der Waals surface area contributed by atoms with Crippen LogP contribution in [-0.2, 0) is 4.79 Å². The van der Waals surface area contributed by atoms with E-state index >= 15 is 0 Å². The van der Waals surface area contributed by atoms with Crippen molar-refractivity contribution in [1.29, 1.82) is 0 Å². The lowest BCUT2D eigenvalue weighted by Gasteiger charge is -2.05. The molecule has 1 amide bonds. The van der Waals surface area contributed by atoms with Crippen LogP contribution in [0.1, 0.15) is 13.8 Å². The van der Waals surface area contributed by atoms with Crippen LogP contribution in [0.3, 0.4) is 0 Å². The molecule has 0 saturated heterocycles. The maximum Gasteiger partial charge on any atom is 0.248 e. The van der Waals surface area contributed by atoms with Crippen LogP contribution in [0.4, 0.5) is 10.1 Å². The molecule has 0 heterocycles. The predicted molar refractivity (Wildman–Crippen MR) is 62.2 cm³/mol. The quantitative estimate of drug-likeness (QED) is 0.820. The van der Waals surface area contributed by atoms with E-state index in [-0.39, 0.29) is 11.7 Å². The van der Waals surface area contributed by atoms with E-state index in [0.717, 1.165) is 5.57 Å². The number of carbonyl (C=O) groups is 1. The van der Waals surface area contributed by atoms with Gasteiger partial charge in [-0.1, -0.05) is 5.57 Å². The Hall–Kier alpha value is -1.16. The van der Waals surface area contributed by atoms with Crippen molar-refractivity contribution in [3.8, 4) is 0 Å². The molecule has 1 aromatic carbocycles. The summed E-state index contributed by atoms with van der Waals surface area (Å²) in [4.78, 5) is 11.4. The van der Waals surface area contributed by atoms with E-state index in [2.05, 4.69) is 21.2 Å². The summed E-state index contributed by atoms with van der Waals surface area (Å²) in [5, 5.41) is 2.64. The SMILES string of the molecule is CC(C)=CC(=O)Nc1ccc(F)cc1Br. The summed E-state index contributed by atoms with van der Waals surface area (Å²) in [6.45, 7) is 3.67. The standard InChI is InChI=1S/C11H11BrFNO/c1-7(2)5-11(15)14-10-4-3-8(13)6-9(10)12/h3-6H,1-2H3,(H,14,15). The minimum absolute atomic E-state index is 0.220. The van der Waals surface area contributed by atoms with Gasteiger partial charge in [0.05, 0.1) is 5.69 Å². The second kappa shape index (κ2) is 5.07. The highest BCUT2D eigenvalue weighted by atomic mass is 79.9. The average molecular weight is 272 g/mol. The molecule has 1 aromatic rings. The van der Waals surface area contributed by atoms with Gasteiger partial charge in [0, 0.05) is 10.5 Å². The van der Waals surface area contributed by atoms with Gasteiger partial charge in [0.2, 0.25) is 5.91 Å². The first-order valence-electron chi connectivity index (χ1n) is 4.40. The third kappa shape index (κ3) is 3.83. The molecule has 80 valence electrons. The lowest BCUT2D eigenvalue weighted by Crippen LogP contribution is -2.08. The van der Waals surface area contributed by atoms with Crippen LogP contribution in [0.25, 0.3) is 0 Å². The first-order chi connectivity index (χ1) is 6.99. The Kier molecular flexibility index (Phi) is 4.03. The van der Waals surface area contributed by atoms with Crippen molar-refractivity contribution >= 4 is 27.5 Å². The van der Waals surface area contributed by atoms with Gasteiger partial charge in [-0.25, -0.2) is 4.39 Å². The molecule has 1 N–H and O–H groups in total. The van der Waals surface area contributed by atoms with Crippen LogP contribution in [0.15, 0.2) is 34.3 Å². The molecule has 0 unspecified atom stereocenters. The molecule has 0 aromatic heterocycles. The van der Waals surface area contributed by atoms with Crippen molar-refractivity contribution < 1.29 is 9.18 Å². The van der Waals surface area contributed by atoms with Crippen molar-refractivity contribution in [2.24, 2.45) is 0 Å². The molecule has 0 fully saturated rings. The molecule has 0 saturated carbocycles. The molecule has 0 spiro atoms. The summed E-state index contributed by atoms with van der Waals surface area (Å²) in [7, 11) is 0. The number of carbonyl (C=O) groups excluding carboxylic acids is 1. The van der Waals surface area contributed by atoms with Gasteiger partial charge >= 0.3 is 0 Å². The Bertz CT molecular complexity index is 411. The van der Waals surface area contributed by atoms with E-state index < -0.39 is 0 Å². The van der Waals surface area contributed by atoms with Gasteiger partial charge in [-0.05, 0) is 48.0 Å². The first-order valence-corrected chi connectivity index (χ1v) is 5.19. The maximum atomic E-state index is 12.7. The fraction of sp³-hybridized carbons (Fsp3) is 0.182. The second-order valence-electron chi connectivity index (χ2n) is 3.34. The molecular weight excluding hydrogens is 261 g/mol. The summed E-state index contributed by atoms with van der Waals surface area (Å²) in [6, 6.07) is 4.11. The molecule has 4 heteroatoms. The third-order valence-corrected chi connectivity index (χ3v) is 2.26. The van der Waals surface area contributed by atoms with Crippen molar-refractivity contribution in [1.82, 2.24) is 0 Å². The molecule has 1 rings (SSSR count). The number of nitrogens with one attached hydrogen (secondary N) is 1. The Morgan fingerprint density at radius 1 is 1.47 bits per heavy atom. The highest BCUT2D eigenvalue weighted by molar-refractivity contribution is 9.10. The molecule has 0 aliphatic heterocycles. The normalized spacial score (nSPS) is 9.60. The van der Waals surface area contributed by atoms with Gasteiger partial charge in [0.15, 0.2) is 0 Å². The topological polar surface area (TPSA) is 29.1 Å². The number of benzene rings is 1. The van der Waals surface area contributed by atoms with E-state index in [9.17, 15) is 9.18 Å². The van der Waals surface area contributed by atoms with E-state index in [1.165, 1.54) is 24.3 Å². The molecule has 15 heavy (non-hydrogen) atoms. The Morgan fingerprint density at radius 3 is 2.67 bits per heavy atom. The van der Waals surface area contributed by atoms with E-state index in [0.29, 0.717) is 10.2 Å². The number of anilines is 1. The average Bonchev–Trinajstić information content (AvgIpc) is 2.08. The maximum absolute atomic E-state index is 12.7. The molecule has 0 radical (unpaired) electrons. The van der Waals surface area contributed by atoms with Gasteiger partial charge < -0.3 is 5.32 Å². The van der Waals surface area contributed by atoms with Gasteiger partial charge in [0.25, 0.3) is 0 Å². The number of allylic oxidation sites excluding steroid dienone is 1. The number of amides is 1. The van der Waals surface area contributed by atoms with Crippen LogP contribution < -0.4 is 5.32 Å². The number of hydrogen-bond donors (Lipinski definition) is 1. The van der Waals surface area contributed by atoms with Crippen molar-refractivity contribution in [2.75, 3.05) is 5.32 Å². The number of halogens is 2. The Labute approximate surface area is 96.3 Å². The van der Waals surface area contributed by atoms with Gasteiger partial charge in [-0.15, -0.1) is 0 Å². The zero-order valence-electron chi connectivity index (χ0n) is 8.47. The highest BCUT2D eigenvalue weighted by Crippen LogP contribution is 2.22.